The van der Waals surface area contributed by atoms with Crippen LogP contribution in [0.2, 0.25) is 0 Å². The highest BCUT2D eigenvalue weighted by Crippen LogP contribution is 2.45. The first kappa shape index (κ1) is 19.7. The summed E-state index contributed by atoms with van der Waals surface area (Å²) in [4.78, 5) is 13.9. The number of carbonyl (C=O) groups excluding carboxylic acids is 1. The van der Waals surface area contributed by atoms with Gasteiger partial charge in [0, 0.05) is 18.5 Å². The molecule has 2 aliphatic heterocycles. The summed E-state index contributed by atoms with van der Waals surface area (Å²) in [7, 11) is 0. The van der Waals surface area contributed by atoms with E-state index in [-0.39, 0.29) is 17.2 Å². The molecule has 2 aliphatic rings. The second-order valence-corrected chi connectivity index (χ2v) is 7.30. The van der Waals surface area contributed by atoms with Crippen LogP contribution in [0.5, 0.6) is 11.5 Å². The van der Waals surface area contributed by atoms with E-state index in [0.717, 1.165) is 25.0 Å². The summed E-state index contributed by atoms with van der Waals surface area (Å²) in [5.41, 5.74) is -0.787. The quantitative estimate of drug-likeness (QED) is 0.798. The molecule has 0 unspecified atom stereocenters. The first-order valence-corrected chi connectivity index (χ1v) is 8.68. The number of aliphatic hydroxyl groups is 1. The molecule has 0 spiro atoms. The average Bonchev–Trinajstić information content (AvgIpc) is 2.57. The third-order valence-electron chi connectivity index (χ3n) is 4.89. The van der Waals surface area contributed by atoms with Crippen LogP contribution in [0.25, 0.3) is 0 Å². The second kappa shape index (κ2) is 6.85. The highest BCUT2D eigenvalue weighted by atomic mass is 19.3. The first-order chi connectivity index (χ1) is 12.5. The maximum Gasteiger partial charge on any atom is 0.461 e. The van der Waals surface area contributed by atoms with Gasteiger partial charge in [0.1, 0.15) is 23.2 Å². The Morgan fingerprint density at radius 1 is 1.33 bits per heavy atom. The molecule has 27 heavy (non-hydrogen) atoms. The van der Waals surface area contributed by atoms with Gasteiger partial charge in [-0.3, -0.25) is 4.79 Å². The highest BCUT2D eigenvalue weighted by molar-refractivity contribution is 5.77. The molecule has 0 aromatic heterocycles. The largest absolute Gasteiger partial charge is 0.485 e. The van der Waals surface area contributed by atoms with Gasteiger partial charge in [-0.1, -0.05) is 0 Å². The Morgan fingerprint density at radius 3 is 2.67 bits per heavy atom. The van der Waals surface area contributed by atoms with Crippen molar-refractivity contribution in [2.75, 3.05) is 6.54 Å². The lowest BCUT2D eigenvalue weighted by molar-refractivity contribution is -0.253. The third kappa shape index (κ3) is 3.69. The lowest BCUT2D eigenvalue weighted by Gasteiger charge is -2.47. The van der Waals surface area contributed by atoms with Gasteiger partial charge in [0.25, 0.3) is 0 Å². The van der Waals surface area contributed by atoms with Crippen LogP contribution in [0.4, 0.5) is 17.6 Å². The lowest BCUT2D eigenvalue weighted by atomic mass is 9.84. The van der Waals surface area contributed by atoms with Crippen LogP contribution >= 0.6 is 0 Å². The molecule has 0 aliphatic carbocycles. The van der Waals surface area contributed by atoms with Crippen LogP contribution in [0.15, 0.2) is 18.2 Å². The monoisotopic (exact) mass is 391 g/mol. The Bertz CT molecular complexity index is 725. The predicted octanol–water partition coefficient (Wildman–Crippen LogP) is 3.51. The topological polar surface area (TPSA) is 59.0 Å². The molecule has 0 bridgehead atoms. The lowest BCUT2D eigenvalue weighted by Crippen LogP contribution is -2.55. The molecule has 0 saturated carbocycles. The number of piperidine rings is 1. The zero-order valence-electron chi connectivity index (χ0n) is 14.9. The van der Waals surface area contributed by atoms with Gasteiger partial charge >= 0.3 is 12.5 Å². The van der Waals surface area contributed by atoms with Crippen LogP contribution in [0.1, 0.15) is 44.7 Å². The third-order valence-corrected chi connectivity index (χ3v) is 4.89. The molecule has 1 aromatic rings. The molecule has 1 aromatic carbocycles. The maximum absolute atomic E-state index is 13.3. The molecule has 1 N–H and O–H groups in total. The van der Waals surface area contributed by atoms with Gasteiger partial charge in [-0.25, -0.2) is 0 Å². The van der Waals surface area contributed by atoms with Gasteiger partial charge < -0.3 is 19.5 Å². The number of carbonyl (C=O) groups is 1. The Balaban J connectivity index is 2.02. The molecule has 2 atom stereocenters. The van der Waals surface area contributed by atoms with E-state index in [0.29, 0.717) is 13.0 Å². The molecule has 1 saturated heterocycles. The number of hydrogen-bond acceptors (Lipinski definition) is 4. The summed E-state index contributed by atoms with van der Waals surface area (Å²) >= 11 is 0. The van der Waals surface area contributed by atoms with Crippen molar-refractivity contribution < 1.29 is 36.9 Å². The fraction of sp³-hybridized carbons (Fsp3) is 0.611. The van der Waals surface area contributed by atoms with Gasteiger partial charge in [0.05, 0.1) is 6.04 Å². The van der Waals surface area contributed by atoms with Crippen molar-refractivity contribution in [1.82, 2.24) is 4.90 Å². The minimum atomic E-state index is -4.65. The number of aliphatic hydroxyl groups excluding tert-OH is 1. The number of alkyl halides is 4. The van der Waals surface area contributed by atoms with Gasteiger partial charge in [-0.15, -0.1) is 0 Å². The molecule has 1 fully saturated rings. The van der Waals surface area contributed by atoms with Gasteiger partial charge in [-0.2, -0.15) is 17.6 Å². The van der Waals surface area contributed by atoms with Crippen LogP contribution < -0.4 is 9.47 Å². The van der Waals surface area contributed by atoms with Gasteiger partial charge in [-0.05, 0) is 44.9 Å². The van der Waals surface area contributed by atoms with E-state index in [1.807, 2.05) is 0 Å². The number of rotatable bonds is 4. The van der Waals surface area contributed by atoms with E-state index in [1.54, 1.807) is 13.8 Å². The number of halogens is 4. The maximum atomic E-state index is 13.3. The molecule has 3 rings (SSSR count). The Morgan fingerprint density at radius 2 is 2.04 bits per heavy atom. The van der Waals surface area contributed by atoms with Gasteiger partial charge in [0.15, 0.2) is 0 Å². The standard InChI is InChI=1S/C18H21F4NO4/c1-17(2)15(25)14(23-8-4-3-5-13(23)24)11-9-10(6-7-12(11)27-17)26-18(21,22)16(19)20/h6-7,9,14-16,25H,3-5,8H2,1-2H3/t14-,15+/m0/s1. The molecule has 150 valence electrons. The number of benzene rings is 1. The minimum absolute atomic E-state index is 0.168. The zero-order valence-corrected chi connectivity index (χ0v) is 14.9. The average molecular weight is 391 g/mol. The predicted molar refractivity (Wildman–Crippen MR) is 87.0 cm³/mol. The molecular weight excluding hydrogens is 370 g/mol. The molecule has 9 heteroatoms. The summed E-state index contributed by atoms with van der Waals surface area (Å²) < 4.78 is 61.3. The Kier molecular flexibility index (Phi) is 5.00. The number of nitrogens with zero attached hydrogens (tertiary/aromatic N) is 1. The Hall–Kier alpha value is -2.03. The zero-order chi connectivity index (χ0) is 20.0. The first-order valence-electron chi connectivity index (χ1n) is 8.68. The van der Waals surface area contributed by atoms with E-state index < -0.39 is 36.0 Å². The van der Waals surface area contributed by atoms with Crippen molar-refractivity contribution in [3.8, 4) is 11.5 Å². The normalized spacial score (nSPS) is 25.2. The summed E-state index contributed by atoms with van der Waals surface area (Å²) in [6.07, 6.45) is -8.00. The van der Waals surface area contributed by atoms with Crippen molar-refractivity contribution >= 4 is 5.91 Å². The van der Waals surface area contributed by atoms with Crippen molar-refractivity contribution in [2.45, 2.75) is 63.4 Å². The SMILES string of the molecule is CC1(C)Oc2ccc(OC(F)(F)C(F)F)cc2[C@H](N2CCCCC2=O)[C@H]1O. The van der Waals surface area contributed by atoms with Gasteiger partial charge in [0.2, 0.25) is 5.91 Å². The van der Waals surface area contributed by atoms with E-state index >= 15 is 0 Å². The summed E-state index contributed by atoms with van der Waals surface area (Å²) in [6, 6.07) is 2.69. The molecular formula is C18H21F4NO4. The number of fused-ring (bicyclic) bond motifs is 1. The fourth-order valence-corrected chi connectivity index (χ4v) is 3.47. The number of hydrogen-bond donors (Lipinski definition) is 1. The second-order valence-electron chi connectivity index (χ2n) is 7.30. The van der Waals surface area contributed by atoms with Crippen molar-refractivity contribution in [3.63, 3.8) is 0 Å². The Labute approximate surface area is 153 Å². The van der Waals surface area contributed by atoms with Crippen LogP contribution in [0.3, 0.4) is 0 Å². The molecule has 5 nitrogen and oxygen atoms in total. The van der Waals surface area contributed by atoms with E-state index in [9.17, 15) is 27.5 Å². The molecule has 2 heterocycles. The van der Waals surface area contributed by atoms with Crippen molar-refractivity contribution in [1.29, 1.82) is 0 Å². The van der Waals surface area contributed by atoms with Crippen LogP contribution in [-0.2, 0) is 4.79 Å². The summed E-state index contributed by atoms with van der Waals surface area (Å²) in [5.74, 6) is -0.386. The highest BCUT2D eigenvalue weighted by Gasteiger charge is 2.48. The van der Waals surface area contributed by atoms with Crippen molar-refractivity contribution in [3.05, 3.63) is 23.8 Å². The fourth-order valence-electron chi connectivity index (χ4n) is 3.47. The number of amides is 1. The van der Waals surface area contributed by atoms with Crippen LogP contribution in [-0.4, -0.2) is 46.7 Å². The number of likely N-dealkylation sites (tertiary alicyclic amines) is 1. The van der Waals surface area contributed by atoms with Crippen LogP contribution in [0, 0.1) is 0 Å². The smallest absolute Gasteiger partial charge is 0.461 e. The molecule has 0 radical (unpaired) electrons. The summed E-state index contributed by atoms with van der Waals surface area (Å²) in [5, 5.41) is 10.8. The number of ether oxygens (including phenoxy) is 2. The van der Waals surface area contributed by atoms with Crippen molar-refractivity contribution in [2.24, 2.45) is 0 Å². The van der Waals surface area contributed by atoms with E-state index in [1.165, 1.54) is 11.0 Å². The summed E-state index contributed by atoms with van der Waals surface area (Å²) in [6.45, 7) is 3.70. The van der Waals surface area contributed by atoms with E-state index in [4.69, 9.17) is 4.74 Å². The minimum Gasteiger partial charge on any atom is -0.485 e. The molecule has 1 amide bonds. The van der Waals surface area contributed by atoms with E-state index in [2.05, 4.69) is 4.74 Å².